The molecular weight excluding hydrogens is 279 g/mol. The number of aliphatic hydroxyl groups excluding tert-OH is 1. The van der Waals surface area contributed by atoms with Gasteiger partial charge in [0, 0.05) is 15.9 Å². The molecule has 0 aliphatic carbocycles. The second kappa shape index (κ2) is 5.00. The van der Waals surface area contributed by atoms with Crippen LogP contribution in [0, 0.1) is 0 Å². The first-order chi connectivity index (χ1) is 6.60. The van der Waals surface area contributed by atoms with Gasteiger partial charge < -0.3 is 5.11 Å². The van der Waals surface area contributed by atoms with Crippen LogP contribution in [0.5, 0.6) is 0 Å². The topological polar surface area (TPSA) is 33.1 Å². The average molecular weight is 287 g/mol. The first-order valence-electron chi connectivity index (χ1n) is 3.73. The fourth-order valence-corrected chi connectivity index (χ4v) is 2.07. The lowest BCUT2D eigenvalue weighted by molar-refractivity contribution is 0.145. The number of pyridine rings is 1. The third kappa shape index (κ3) is 2.40. The summed E-state index contributed by atoms with van der Waals surface area (Å²) in [7, 11) is 0. The number of halogens is 4. The van der Waals surface area contributed by atoms with E-state index in [1.54, 1.807) is 0 Å². The van der Waals surface area contributed by atoms with E-state index in [1.807, 2.05) is 0 Å². The Balaban J connectivity index is 3.24. The van der Waals surface area contributed by atoms with Crippen molar-refractivity contribution in [2.24, 2.45) is 0 Å². The third-order valence-corrected chi connectivity index (χ3v) is 2.58. The van der Waals surface area contributed by atoms with Crippen molar-refractivity contribution in [3.05, 3.63) is 28.0 Å². The molecule has 2 nitrogen and oxygen atoms in total. The molecule has 0 aromatic carbocycles. The molecule has 0 atom stereocenters. The largest absolute Gasteiger partial charge is 0.390 e. The molecule has 0 aliphatic rings. The van der Waals surface area contributed by atoms with Gasteiger partial charge in [-0.3, -0.25) is 0 Å². The molecule has 6 heteroatoms. The van der Waals surface area contributed by atoms with Crippen molar-refractivity contribution in [3.63, 3.8) is 0 Å². The molecule has 0 saturated carbocycles. The molecule has 0 aliphatic heterocycles. The van der Waals surface area contributed by atoms with Crippen LogP contribution < -0.4 is 0 Å². The first kappa shape index (κ1) is 11.8. The molecule has 0 saturated heterocycles. The highest BCUT2D eigenvalue weighted by molar-refractivity contribution is 9.08. The molecule has 1 N–H and O–H groups in total. The van der Waals surface area contributed by atoms with E-state index in [4.69, 9.17) is 16.7 Å². The number of hydrogen-bond donors (Lipinski definition) is 1. The monoisotopic (exact) mass is 285 g/mol. The average Bonchev–Trinajstić information content (AvgIpc) is 2.16. The Morgan fingerprint density at radius 1 is 1.57 bits per heavy atom. The quantitative estimate of drug-likeness (QED) is 0.866. The fraction of sp³-hybridized carbons (Fsp3) is 0.375. The molecule has 78 valence electrons. The van der Waals surface area contributed by atoms with Gasteiger partial charge in [-0.2, -0.15) is 0 Å². The second-order valence-corrected chi connectivity index (χ2v) is 3.51. The summed E-state index contributed by atoms with van der Waals surface area (Å²) in [6, 6.07) is 1.11. The maximum absolute atomic E-state index is 12.3. The fourth-order valence-electron chi connectivity index (χ4n) is 0.994. The summed E-state index contributed by atoms with van der Waals surface area (Å²) in [4.78, 5) is 3.61. The summed E-state index contributed by atoms with van der Waals surface area (Å²) in [6.07, 6.45) is -2.68. The third-order valence-electron chi connectivity index (χ3n) is 1.68. The van der Waals surface area contributed by atoms with E-state index >= 15 is 0 Å². The first-order valence-corrected chi connectivity index (χ1v) is 5.23. The van der Waals surface area contributed by atoms with Gasteiger partial charge in [0.05, 0.1) is 12.3 Å². The standard InChI is InChI=1S/C8H7BrClF2NO/c9-2-4-5(10)1-6(8(11)12)13-7(4)3-14/h1,8,14H,2-3H2. The number of alkyl halides is 3. The van der Waals surface area contributed by atoms with Crippen LogP contribution in [0.2, 0.25) is 5.02 Å². The zero-order valence-electron chi connectivity index (χ0n) is 6.98. The predicted molar refractivity (Wildman–Crippen MR) is 52.8 cm³/mol. The molecule has 0 unspecified atom stereocenters. The van der Waals surface area contributed by atoms with Gasteiger partial charge in [-0.15, -0.1) is 0 Å². The molecule has 1 rings (SSSR count). The highest BCUT2D eigenvalue weighted by atomic mass is 79.9. The van der Waals surface area contributed by atoms with E-state index in [0.29, 0.717) is 10.9 Å². The summed E-state index contributed by atoms with van der Waals surface area (Å²) in [6.45, 7) is -0.402. The van der Waals surface area contributed by atoms with Crippen molar-refractivity contribution >= 4 is 27.5 Å². The zero-order chi connectivity index (χ0) is 10.7. The van der Waals surface area contributed by atoms with Crippen LogP contribution in [0.25, 0.3) is 0 Å². The lowest BCUT2D eigenvalue weighted by Gasteiger charge is -2.08. The van der Waals surface area contributed by atoms with E-state index in [9.17, 15) is 8.78 Å². The minimum atomic E-state index is -2.68. The van der Waals surface area contributed by atoms with Crippen molar-refractivity contribution in [1.82, 2.24) is 4.98 Å². The van der Waals surface area contributed by atoms with Gasteiger partial charge in [0.25, 0.3) is 6.43 Å². The Labute approximate surface area is 93.0 Å². The highest BCUT2D eigenvalue weighted by Crippen LogP contribution is 2.27. The summed E-state index contributed by atoms with van der Waals surface area (Å²) < 4.78 is 24.6. The van der Waals surface area contributed by atoms with Gasteiger partial charge >= 0.3 is 0 Å². The van der Waals surface area contributed by atoms with E-state index in [1.165, 1.54) is 0 Å². The lowest BCUT2D eigenvalue weighted by atomic mass is 10.2. The molecule has 1 aromatic heterocycles. The Morgan fingerprint density at radius 3 is 2.64 bits per heavy atom. The SMILES string of the molecule is OCc1nc(C(F)F)cc(Cl)c1CBr. The van der Waals surface area contributed by atoms with Crippen molar-refractivity contribution in [2.45, 2.75) is 18.4 Å². The Kier molecular flexibility index (Phi) is 4.22. The summed E-state index contributed by atoms with van der Waals surface area (Å²) in [5.41, 5.74) is 0.312. The molecule has 14 heavy (non-hydrogen) atoms. The lowest BCUT2D eigenvalue weighted by Crippen LogP contribution is -2.01. The van der Waals surface area contributed by atoms with E-state index < -0.39 is 18.7 Å². The predicted octanol–water partition coefficient (Wildman–Crippen LogP) is 3.06. The van der Waals surface area contributed by atoms with Crippen molar-refractivity contribution in [2.75, 3.05) is 0 Å². The number of aliphatic hydroxyl groups is 1. The molecule has 1 heterocycles. The van der Waals surface area contributed by atoms with Gasteiger partial charge in [-0.1, -0.05) is 27.5 Å². The van der Waals surface area contributed by atoms with Crippen LogP contribution in [0.4, 0.5) is 8.78 Å². The van der Waals surface area contributed by atoms with Crippen molar-refractivity contribution in [3.8, 4) is 0 Å². The molecule has 0 radical (unpaired) electrons. The summed E-state index contributed by atoms with van der Waals surface area (Å²) in [5, 5.41) is 9.46. The second-order valence-electron chi connectivity index (χ2n) is 2.55. The minimum Gasteiger partial charge on any atom is -0.390 e. The van der Waals surface area contributed by atoms with Crippen molar-refractivity contribution < 1.29 is 13.9 Å². The van der Waals surface area contributed by atoms with Gasteiger partial charge in [-0.05, 0) is 6.07 Å². The summed E-state index contributed by atoms with van der Waals surface area (Å²) >= 11 is 8.88. The van der Waals surface area contributed by atoms with E-state index in [-0.39, 0.29) is 10.7 Å². The number of rotatable bonds is 3. The van der Waals surface area contributed by atoms with Crippen molar-refractivity contribution in [1.29, 1.82) is 0 Å². The number of nitrogens with zero attached hydrogens (tertiary/aromatic N) is 1. The van der Waals surface area contributed by atoms with Gasteiger partial charge in [0.1, 0.15) is 5.69 Å². The highest BCUT2D eigenvalue weighted by Gasteiger charge is 2.15. The zero-order valence-corrected chi connectivity index (χ0v) is 9.32. The number of aromatic nitrogens is 1. The van der Waals surface area contributed by atoms with Crippen LogP contribution in [-0.2, 0) is 11.9 Å². The van der Waals surface area contributed by atoms with E-state index in [0.717, 1.165) is 6.07 Å². The van der Waals surface area contributed by atoms with Gasteiger partial charge in [0.2, 0.25) is 0 Å². The smallest absolute Gasteiger partial charge is 0.280 e. The molecule has 1 aromatic rings. The normalized spacial score (nSPS) is 11.0. The Hall–Kier alpha value is -0.260. The maximum Gasteiger partial charge on any atom is 0.280 e. The minimum absolute atomic E-state index is 0.185. The van der Waals surface area contributed by atoms with Gasteiger partial charge in [0.15, 0.2) is 0 Å². The van der Waals surface area contributed by atoms with Gasteiger partial charge in [-0.25, -0.2) is 13.8 Å². The molecular formula is C8H7BrClF2NO. The maximum atomic E-state index is 12.3. The van der Waals surface area contributed by atoms with Crippen LogP contribution >= 0.6 is 27.5 Å². The number of hydrogen-bond acceptors (Lipinski definition) is 2. The molecule has 0 spiro atoms. The molecule has 0 amide bonds. The van der Waals surface area contributed by atoms with E-state index in [2.05, 4.69) is 20.9 Å². The van der Waals surface area contributed by atoms with Crippen LogP contribution in [0.3, 0.4) is 0 Å². The molecule has 0 bridgehead atoms. The Bertz CT molecular complexity index is 335. The molecule has 0 fully saturated rings. The van der Waals surface area contributed by atoms with Crippen LogP contribution in [-0.4, -0.2) is 10.1 Å². The summed E-state index contributed by atoms with van der Waals surface area (Å²) in [5.74, 6) is 0. The van der Waals surface area contributed by atoms with Crippen LogP contribution in [0.15, 0.2) is 6.07 Å². The Morgan fingerprint density at radius 2 is 2.21 bits per heavy atom. The van der Waals surface area contributed by atoms with Crippen LogP contribution in [0.1, 0.15) is 23.4 Å².